The molecule has 0 aromatic carbocycles. The van der Waals surface area contributed by atoms with E-state index in [4.69, 9.17) is 4.42 Å². The van der Waals surface area contributed by atoms with E-state index in [9.17, 15) is 14.9 Å². The van der Waals surface area contributed by atoms with Crippen LogP contribution >= 0.6 is 15.9 Å². The molecule has 0 saturated carbocycles. The summed E-state index contributed by atoms with van der Waals surface area (Å²) in [5.74, 6) is -0.929. The van der Waals surface area contributed by atoms with Crippen molar-refractivity contribution in [2.45, 2.75) is 31.1 Å². The lowest BCUT2D eigenvalue weighted by Gasteiger charge is -2.13. The van der Waals surface area contributed by atoms with Gasteiger partial charge >= 0.3 is 5.88 Å². The molecule has 2 unspecified atom stereocenters. The number of nitrogens with one attached hydrogen (secondary N) is 1. The van der Waals surface area contributed by atoms with Gasteiger partial charge in [0.05, 0.1) is 6.07 Å². The van der Waals surface area contributed by atoms with Crippen molar-refractivity contribution < 1.29 is 14.1 Å². The number of hydrogen-bond donors (Lipinski definition) is 1. The molecule has 1 aromatic rings. The number of alkyl halides is 1. The molecule has 0 aliphatic carbocycles. The van der Waals surface area contributed by atoms with Crippen molar-refractivity contribution in [2.75, 3.05) is 0 Å². The quantitative estimate of drug-likeness (QED) is 0.514. The molecule has 0 saturated heterocycles. The minimum Gasteiger partial charge on any atom is -0.395 e. The summed E-state index contributed by atoms with van der Waals surface area (Å²) in [6.07, 6.45) is 0.758. The third kappa shape index (κ3) is 4.18. The molecule has 6 nitrogen and oxygen atoms in total. The Balaban J connectivity index is 2.60. The van der Waals surface area contributed by atoms with Crippen LogP contribution in [0.25, 0.3) is 0 Å². The zero-order valence-electron chi connectivity index (χ0n) is 9.47. The Bertz CT molecular complexity index is 416. The molecule has 0 bridgehead atoms. The Morgan fingerprint density at radius 2 is 2.24 bits per heavy atom. The molecule has 1 rings (SSSR count). The number of carbonyl (C=O) groups excluding carboxylic acids is 1. The number of rotatable bonds is 5. The lowest BCUT2D eigenvalue weighted by atomic mass is 10.2. The normalized spacial score (nSPS) is 14.1. The smallest absolute Gasteiger partial charge is 0.395 e. The summed E-state index contributed by atoms with van der Waals surface area (Å²) in [4.78, 5) is 21.6. The fourth-order valence-corrected chi connectivity index (χ4v) is 1.95. The van der Waals surface area contributed by atoms with Crippen molar-refractivity contribution in [3.8, 4) is 0 Å². The second kappa shape index (κ2) is 5.81. The Labute approximate surface area is 107 Å². The second-order valence-corrected chi connectivity index (χ2v) is 5.35. The van der Waals surface area contributed by atoms with Crippen molar-refractivity contribution in [2.24, 2.45) is 0 Å². The zero-order chi connectivity index (χ0) is 13.0. The largest absolute Gasteiger partial charge is 0.433 e. The summed E-state index contributed by atoms with van der Waals surface area (Å²) in [6, 6.07) is 2.41. The molecule has 0 aliphatic heterocycles. The van der Waals surface area contributed by atoms with Crippen LogP contribution < -0.4 is 5.32 Å². The van der Waals surface area contributed by atoms with Crippen molar-refractivity contribution >= 4 is 27.7 Å². The van der Waals surface area contributed by atoms with E-state index >= 15 is 0 Å². The zero-order valence-corrected chi connectivity index (χ0v) is 11.1. The van der Waals surface area contributed by atoms with Crippen LogP contribution in [0.5, 0.6) is 0 Å². The van der Waals surface area contributed by atoms with Gasteiger partial charge in [0.25, 0.3) is 5.91 Å². The molecule has 1 N–H and O–H groups in total. The van der Waals surface area contributed by atoms with Crippen LogP contribution in [0.15, 0.2) is 16.5 Å². The molecule has 7 heteroatoms. The Kier molecular flexibility index (Phi) is 4.68. The highest BCUT2D eigenvalue weighted by atomic mass is 79.9. The van der Waals surface area contributed by atoms with Gasteiger partial charge in [0.15, 0.2) is 5.76 Å². The number of furan rings is 1. The third-order valence-electron chi connectivity index (χ3n) is 2.05. The maximum Gasteiger partial charge on any atom is 0.433 e. The molecular weight excluding hydrogens is 292 g/mol. The number of nitrogens with zero attached hydrogens (tertiary/aromatic N) is 1. The van der Waals surface area contributed by atoms with Gasteiger partial charge in [0.1, 0.15) is 4.92 Å². The predicted octanol–water partition coefficient (Wildman–Crippen LogP) is 2.48. The minimum absolute atomic E-state index is 0.0407. The highest BCUT2D eigenvalue weighted by Gasteiger charge is 2.18. The van der Waals surface area contributed by atoms with Gasteiger partial charge in [-0.2, -0.15) is 0 Å². The number of halogens is 1. The first-order valence-corrected chi connectivity index (χ1v) is 6.01. The number of nitro groups is 1. The first-order valence-electron chi connectivity index (χ1n) is 5.09. The van der Waals surface area contributed by atoms with Crippen LogP contribution in [-0.4, -0.2) is 21.7 Å². The van der Waals surface area contributed by atoms with Crippen LogP contribution in [0, 0.1) is 10.1 Å². The summed E-state index contributed by atoms with van der Waals surface area (Å²) < 4.78 is 4.79. The van der Waals surface area contributed by atoms with Crippen LogP contribution in [-0.2, 0) is 0 Å². The first kappa shape index (κ1) is 13.7. The molecule has 1 amide bonds. The van der Waals surface area contributed by atoms with E-state index in [1.54, 1.807) is 0 Å². The van der Waals surface area contributed by atoms with E-state index in [2.05, 4.69) is 21.2 Å². The second-order valence-electron chi connectivity index (χ2n) is 3.79. The van der Waals surface area contributed by atoms with Crippen LogP contribution in [0.4, 0.5) is 5.88 Å². The summed E-state index contributed by atoms with van der Waals surface area (Å²) >= 11 is 3.38. The topological polar surface area (TPSA) is 85.4 Å². The average Bonchev–Trinajstić information content (AvgIpc) is 2.64. The maximum absolute atomic E-state index is 11.6. The van der Waals surface area contributed by atoms with E-state index in [0.29, 0.717) is 0 Å². The van der Waals surface area contributed by atoms with Gasteiger partial charge in [-0.3, -0.25) is 14.9 Å². The van der Waals surface area contributed by atoms with Crippen molar-refractivity contribution in [3.63, 3.8) is 0 Å². The van der Waals surface area contributed by atoms with E-state index in [1.165, 1.54) is 6.07 Å². The Morgan fingerprint density at radius 3 is 2.71 bits per heavy atom. The van der Waals surface area contributed by atoms with Crippen molar-refractivity contribution in [1.82, 2.24) is 5.32 Å². The highest BCUT2D eigenvalue weighted by Crippen LogP contribution is 2.16. The van der Waals surface area contributed by atoms with Crippen molar-refractivity contribution in [1.29, 1.82) is 0 Å². The maximum atomic E-state index is 11.6. The van der Waals surface area contributed by atoms with Gasteiger partial charge in [0, 0.05) is 10.9 Å². The van der Waals surface area contributed by atoms with E-state index in [0.717, 1.165) is 12.5 Å². The van der Waals surface area contributed by atoms with Crippen LogP contribution in [0.3, 0.4) is 0 Å². The van der Waals surface area contributed by atoms with E-state index in [-0.39, 0.29) is 16.6 Å². The predicted molar refractivity (Wildman–Crippen MR) is 65.3 cm³/mol. The van der Waals surface area contributed by atoms with Gasteiger partial charge < -0.3 is 9.73 Å². The molecule has 1 heterocycles. The van der Waals surface area contributed by atoms with Gasteiger partial charge in [-0.05, 0) is 19.4 Å². The number of amides is 1. The third-order valence-corrected chi connectivity index (χ3v) is 2.43. The molecule has 0 fully saturated rings. The van der Waals surface area contributed by atoms with Crippen LogP contribution in [0.1, 0.15) is 30.8 Å². The summed E-state index contributed by atoms with van der Waals surface area (Å²) in [6.45, 7) is 3.83. The minimum atomic E-state index is -0.680. The van der Waals surface area contributed by atoms with Crippen molar-refractivity contribution in [3.05, 3.63) is 28.0 Å². The van der Waals surface area contributed by atoms with Gasteiger partial charge in [-0.15, -0.1) is 0 Å². The highest BCUT2D eigenvalue weighted by molar-refractivity contribution is 9.09. The van der Waals surface area contributed by atoms with Gasteiger partial charge in [0.2, 0.25) is 0 Å². The molecule has 0 radical (unpaired) electrons. The fourth-order valence-electron chi connectivity index (χ4n) is 1.39. The molecule has 1 aromatic heterocycles. The lowest BCUT2D eigenvalue weighted by Crippen LogP contribution is -2.33. The SMILES string of the molecule is CC(Br)CC(C)NC(=O)c1ccc([N+](=O)[O-])o1. The lowest BCUT2D eigenvalue weighted by molar-refractivity contribution is -0.402. The molecule has 0 aliphatic rings. The monoisotopic (exact) mass is 304 g/mol. The van der Waals surface area contributed by atoms with E-state index < -0.39 is 16.7 Å². The Morgan fingerprint density at radius 1 is 1.59 bits per heavy atom. The first-order chi connectivity index (χ1) is 7.90. The standard InChI is InChI=1S/C10H13BrN2O4/c1-6(11)5-7(2)12-10(14)8-3-4-9(17-8)13(15)16/h3-4,6-7H,5H2,1-2H3,(H,12,14). The molecule has 0 spiro atoms. The molecule has 94 valence electrons. The van der Waals surface area contributed by atoms with Crippen LogP contribution in [0.2, 0.25) is 0 Å². The molecule has 17 heavy (non-hydrogen) atoms. The number of carbonyl (C=O) groups is 1. The molecule has 2 atom stereocenters. The van der Waals surface area contributed by atoms with E-state index in [1.807, 2.05) is 13.8 Å². The number of hydrogen-bond acceptors (Lipinski definition) is 4. The molecular formula is C10H13BrN2O4. The van der Waals surface area contributed by atoms with Gasteiger partial charge in [-0.25, -0.2) is 0 Å². The van der Waals surface area contributed by atoms with Gasteiger partial charge in [-0.1, -0.05) is 22.9 Å². The summed E-state index contributed by atoms with van der Waals surface area (Å²) in [5, 5.41) is 13.1. The summed E-state index contributed by atoms with van der Waals surface area (Å²) in [7, 11) is 0. The Hall–Kier alpha value is -1.37. The summed E-state index contributed by atoms with van der Waals surface area (Å²) in [5.41, 5.74) is 0. The fraction of sp³-hybridized carbons (Fsp3) is 0.500. The average molecular weight is 305 g/mol.